The lowest BCUT2D eigenvalue weighted by Gasteiger charge is -2.29. The van der Waals surface area contributed by atoms with E-state index in [1.165, 1.54) is 0 Å². The van der Waals surface area contributed by atoms with Crippen LogP contribution in [0.3, 0.4) is 0 Å². The number of imidazole rings is 1. The van der Waals surface area contributed by atoms with Gasteiger partial charge in [-0.1, -0.05) is 74.5 Å². The molecule has 0 unspecified atom stereocenters. The molecule has 0 aliphatic carbocycles. The van der Waals surface area contributed by atoms with E-state index in [0.29, 0.717) is 19.3 Å². The van der Waals surface area contributed by atoms with Crippen LogP contribution in [-0.4, -0.2) is 44.7 Å². The molecule has 0 aliphatic heterocycles. The number of aliphatic hydroxyl groups excluding tert-OH is 1. The quantitative estimate of drug-likeness (QED) is 0.255. The number of amides is 1. The summed E-state index contributed by atoms with van der Waals surface area (Å²) in [4.78, 5) is 34.1. The van der Waals surface area contributed by atoms with Crippen molar-refractivity contribution >= 4 is 11.9 Å². The maximum atomic E-state index is 13.8. The zero-order chi connectivity index (χ0) is 28.4. The standard InChI is InChI=1S/C32H43N3O4/c1-22(2)26(30-33-16-17-34-30)21-28(36)25(18-23-12-8-6-9-13-23)20-29(37)27(19-24-14-10-7-11-15-24)35-31(38)39-32(3,4)5/h6-17,22,25-27,29,37H,18-21H2,1-5H3,(H,33,34)(H,35,38)/t25-,26+,27+,29+/m1/s1. The number of nitrogens with one attached hydrogen (secondary N) is 2. The fourth-order valence-electron chi connectivity index (χ4n) is 4.81. The molecule has 0 aliphatic rings. The van der Waals surface area contributed by atoms with E-state index < -0.39 is 29.8 Å². The van der Waals surface area contributed by atoms with Crippen molar-refractivity contribution in [2.24, 2.45) is 11.8 Å². The molecule has 4 atom stereocenters. The minimum absolute atomic E-state index is 0.0529. The molecular formula is C32H43N3O4. The highest BCUT2D eigenvalue weighted by Gasteiger charge is 2.32. The van der Waals surface area contributed by atoms with Crippen molar-refractivity contribution in [3.8, 4) is 0 Å². The first-order valence-corrected chi connectivity index (χ1v) is 13.8. The number of hydrogen-bond donors (Lipinski definition) is 3. The van der Waals surface area contributed by atoms with Gasteiger partial charge in [-0.15, -0.1) is 0 Å². The third kappa shape index (κ3) is 9.98. The molecule has 1 aromatic heterocycles. The molecule has 1 heterocycles. The van der Waals surface area contributed by atoms with Crippen LogP contribution >= 0.6 is 0 Å². The predicted molar refractivity (Wildman–Crippen MR) is 153 cm³/mol. The average molecular weight is 534 g/mol. The Morgan fingerprint density at radius 1 is 0.974 bits per heavy atom. The number of ketones is 1. The SMILES string of the molecule is CC(C)[C@H](CC(=O)[C@H](Cc1ccccc1)C[C@H](O)[C@H](Cc1ccccc1)NC(=O)OC(C)(C)C)c1ncc[nH]1. The highest BCUT2D eigenvalue weighted by atomic mass is 16.6. The van der Waals surface area contributed by atoms with Crippen molar-refractivity contribution in [3.05, 3.63) is 90.0 Å². The van der Waals surface area contributed by atoms with Crippen LogP contribution in [0.15, 0.2) is 73.1 Å². The van der Waals surface area contributed by atoms with Crippen molar-refractivity contribution in [2.45, 2.75) is 84.0 Å². The van der Waals surface area contributed by atoms with Crippen LogP contribution < -0.4 is 5.32 Å². The summed E-state index contributed by atoms with van der Waals surface area (Å²) < 4.78 is 5.49. The van der Waals surface area contributed by atoms with Gasteiger partial charge in [0.25, 0.3) is 0 Å². The van der Waals surface area contributed by atoms with Gasteiger partial charge in [0.15, 0.2) is 0 Å². The van der Waals surface area contributed by atoms with E-state index in [0.717, 1.165) is 17.0 Å². The Balaban J connectivity index is 1.83. The molecule has 3 N–H and O–H groups in total. The van der Waals surface area contributed by atoms with Crippen molar-refractivity contribution in [3.63, 3.8) is 0 Å². The monoisotopic (exact) mass is 533 g/mol. The number of aromatic amines is 1. The number of Topliss-reactive ketones (excluding diaryl/α,β-unsaturated/α-hetero) is 1. The summed E-state index contributed by atoms with van der Waals surface area (Å²) in [5.74, 6) is 0.594. The summed E-state index contributed by atoms with van der Waals surface area (Å²) in [6, 6.07) is 18.9. The molecule has 0 radical (unpaired) electrons. The zero-order valence-electron chi connectivity index (χ0n) is 23.8. The summed E-state index contributed by atoms with van der Waals surface area (Å²) in [5.41, 5.74) is 1.33. The molecule has 0 bridgehead atoms. The Labute approximate surface area is 232 Å². The van der Waals surface area contributed by atoms with Crippen LogP contribution in [0.2, 0.25) is 0 Å². The number of alkyl carbamates (subject to hydrolysis) is 1. The first-order chi connectivity index (χ1) is 18.5. The fourth-order valence-corrected chi connectivity index (χ4v) is 4.81. The highest BCUT2D eigenvalue weighted by Crippen LogP contribution is 2.29. The summed E-state index contributed by atoms with van der Waals surface area (Å²) >= 11 is 0. The molecule has 0 fully saturated rings. The lowest BCUT2D eigenvalue weighted by molar-refractivity contribution is -0.124. The molecule has 7 nitrogen and oxygen atoms in total. The highest BCUT2D eigenvalue weighted by molar-refractivity contribution is 5.82. The predicted octanol–water partition coefficient (Wildman–Crippen LogP) is 5.85. The second-order valence-corrected chi connectivity index (χ2v) is 11.6. The summed E-state index contributed by atoms with van der Waals surface area (Å²) in [6.45, 7) is 9.57. The van der Waals surface area contributed by atoms with E-state index in [9.17, 15) is 14.7 Å². The second kappa shape index (κ2) is 14.1. The van der Waals surface area contributed by atoms with Gasteiger partial charge < -0.3 is 20.1 Å². The molecule has 3 aromatic rings. The lowest BCUT2D eigenvalue weighted by atomic mass is 9.81. The summed E-state index contributed by atoms with van der Waals surface area (Å²) in [5, 5.41) is 14.4. The number of carbonyl (C=O) groups excluding carboxylic acids is 2. The minimum atomic E-state index is -0.962. The van der Waals surface area contributed by atoms with Gasteiger partial charge in [-0.25, -0.2) is 9.78 Å². The van der Waals surface area contributed by atoms with Crippen LogP contribution in [0.25, 0.3) is 0 Å². The van der Waals surface area contributed by atoms with Crippen LogP contribution in [0.4, 0.5) is 4.79 Å². The smallest absolute Gasteiger partial charge is 0.407 e. The normalized spacial score (nSPS) is 14.8. The van der Waals surface area contributed by atoms with Crippen LogP contribution in [-0.2, 0) is 22.4 Å². The molecule has 3 rings (SSSR count). The first-order valence-electron chi connectivity index (χ1n) is 13.8. The average Bonchev–Trinajstić information content (AvgIpc) is 3.41. The van der Waals surface area contributed by atoms with Crippen LogP contribution in [0.5, 0.6) is 0 Å². The number of nitrogens with zero attached hydrogens (tertiary/aromatic N) is 1. The van der Waals surface area contributed by atoms with E-state index in [4.69, 9.17) is 4.74 Å². The molecule has 0 saturated heterocycles. The Kier molecular flexibility index (Phi) is 10.9. The number of aromatic nitrogens is 2. The van der Waals surface area contributed by atoms with E-state index >= 15 is 0 Å². The van der Waals surface area contributed by atoms with Crippen molar-refractivity contribution in [1.82, 2.24) is 15.3 Å². The summed E-state index contributed by atoms with van der Waals surface area (Å²) in [6.07, 6.45) is 3.37. The van der Waals surface area contributed by atoms with Gasteiger partial charge >= 0.3 is 6.09 Å². The van der Waals surface area contributed by atoms with Crippen LogP contribution in [0.1, 0.15) is 70.3 Å². The van der Waals surface area contributed by atoms with E-state index in [2.05, 4.69) is 29.1 Å². The van der Waals surface area contributed by atoms with Crippen molar-refractivity contribution in [1.29, 1.82) is 0 Å². The Hall–Kier alpha value is -3.45. The molecular weight excluding hydrogens is 490 g/mol. The first kappa shape index (κ1) is 30.1. The largest absolute Gasteiger partial charge is 0.444 e. The summed E-state index contributed by atoms with van der Waals surface area (Å²) in [7, 11) is 0. The number of aliphatic hydroxyl groups is 1. The molecule has 39 heavy (non-hydrogen) atoms. The Bertz CT molecular complexity index is 1140. The van der Waals surface area contributed by atoms with Gasteiger partial charge in [-0.2, -0.15) is 0 Å². The van der Waals surface area contributed by atoms with E-state index in [1.807, 2.05) is 60.7 Å². The van der Waals surface area contributed by atoms with Gasteiger partial charge in [0.1, 0.15) is 17.2 Å². The lowest BCUT2D eigenvalue weighted by Crippen LogP contribution is -2.47. The van der Waals surface area contributed by atoms with E-state index in [1.54, 1.807) is 33.2 Å². The van der Waals surface area contributed by atoms with Gasteiger partial charge in [0.2, 0.25) is 0 Å². The third-order valence-electron chi connectivity index (χ3n) is 6.87. The molecule has 210 valence electrons. The van der Waals surface area contributed by atoms with Gasteiger partial charge in [-0.05, 0) is 57.1 Å². The van der Waals surface area contributed by atoms with Crippen LogP contribution in [0, 0.1) is 11.8 Å². The Morgan fingerprint density at radius 3 is 2.08 bits per heavy atom. The number of rotatable bonds is 13. The number of benzene rings is 2. The number of H-pyrrole nitrogens is 1. The van der Waals surface area contributed by atoms with Crippen molar-refractivity contribution in [2.75, 3.05) is 0 Å². The number of ether oxygens (including phenoxy) is 1. The molecule has 0 spiro atoms. The van der Waals surface area contributed by atoms with Gasteiger partial charge in [0, 0.05) is 30.7 Å². The fraction of sp³-hybridized carbons (Fsp3) is 0.469. The minimum Gasteiger partial charge on any atom is -0.444 e. The van der Waals surface area contributed by atoms with Gasteiger partial charge in [-0.3, -0.25) is 4.79 Å². The number of hydrogen-bond acceptors (Lipinski definition) is 5. The molecule has 7 heteroatoms. The molecule has 1 amide bonds. The number of carbonyl (C=O) groups is 2. The maximum Gasteiger partial charge on any atom is 0.407 e. The maximum absolute atomic E-state index is 13.8. The Morgan fingerprint density at radius 2 is 1.56 bits per heavy atom. The zero-order valence-corrected chi connectivity index (χ0v) is 23.8. The molecule has 2 aromatic carbocycles. The van der Waals surface area contributed by atoms with Gasteiger partial charge in [0.05, 0.1) is 12.1 Å². The van der Waals surface area contributed by atoms with Crippen molar-refractivity contribution < 1.29 is 19.4 Å². The molecule has 0 saturated carbocycles. The topological polar surface area (TPSA) is 104 Å². The van der Waals surface area contributed by atoms with E-state index in [-0.39, 0.29) is 24.0 Å². The third-order valence-corrected chi connectivity index (χ3v) is 6.87. The second-order valence-electron chi connectivity index (χ2n) is 11.6.